The number of benzene rings is 2. The Balaban J connectivity index is 1.59. The van der Waals surface area contributed by atoms with Crippen molar-refractivity contribution >= 4 is 22.7 Å². The van der Waals surface area contributed by atoms with Crippen molar-refractivity contribution in [3.05, 3.63) is 64.9 Å². The van der Waals surface area contributed by atoms with Crippen LogP contribution in [0.4, 0.5) is 0 Å². The van der Waals surface area contributed by atoms with Crippen molar-refractivity contribution in [2.45, 2.75) is 19.3 Å². The van der Waals surface area contributed by atoms with Crippen LogP contribution in [0.2, 0.25) is 0 Å². The average Bonchev–Trinajstić information content (AvgIpc) is 3.11. The van der Waals surface area contributed by atoms with E-state index in [4.69, 9.17) is 9.15 Å². The summed E-state index contributed by atoms with van der Waals surface area (Å²) in [5, 5.41) is 3.66. The van der Waals surface area contributed by atoms with Crippen LogP contribution in [-0.4, -0.2) is 50.4 Å². The third kappa shape index (κ3) is 3.48. The lowest BCUT2D eigenvalue weighted by molar-refractivity contribution is -0.123. The number of carbonyl (C=O) groups is 2. The molecule has 4 rings (SSSR count). The second-order valence-electron chi connectivity index (χ2n) is 8.41. The molecular formula is C24H26N2O4. The Morgan fingerprint density at radius 1 is 1.17 bits per heavy atom. The fourth-order valence-corrected chi connectivity index (χ4v) is 3.92. The minimum absolute atomic E-state index is 0.0442. The number of ketones is 1. The van der Waals surface area contributed by atoms with E-state index in [1.165, 1.54) is 0 Å². The summed E-state index contributed by atoms with van der Waals surface area (Å²) in [6, 6.07) is 13.0. The molecular weight excluding hydrogens is 380 g/mol. The summed E-state index contributed by atoms with van der Waals surface area (Å²) in [4.78, 5) is 27.3. The van der Waals surface area contributed by atoms with Crippen LogP contribution in [0.3, 0.4) is 0 Å². The van der Waals surface area contributed by atoms with Gasteiger partial charge >= 0.3 is 0 Å². The Bertz CT molecular complexity index is 1130. The molecule has 0 atom stereocenters. The SMILES string of the molecule is CN(C)CCNC(=O)COc1ccc2c(c1)C(C)(C)c1oc3ccccc3c1C2=O. The highest BCUT2D eigenvalue weighted by molar-refractivity contribution is 6.19. The van der Waals surface area contributed by atoms with Gasteiger partial charge in [-0.05, 0) is 57.8 Å². The monoisotopic (exact) mass is 406 g/mol. The van der Waals surface area contributed by atoms with E-state index < -0.39 is 5.41 Å². The number of para-hydroxylation sites is 1. The molecule has 1 aromatic heterocycles. The van der Waals surface area contributed by atoms with Gasteiger partial charge in [0.25, 0.3) is 5.91 Å². The lowest BCUT2D eigenvalue weighted by atomic mass is 9.72. The van der Waals surface area contributed by atoms with Crippen LogP contribution in [0, 0.1) is 0 Å². The van der Waals surface area contributed by atoms with E-state index in [0.717, 1.165) is 17.5 Å². The van der Waals surface area contributed by atoms with Crippen LogP contribution in [0.5, 0.6) is 5.75 Å². The molecule has 0 fully saturated rings. The maximum absolute atomic E-state index is 13.3. The molecule has 3 aromatic rings. The van der Waals surface area contributed by atoms with Crippen LogP contribution in [0.25, 0.3) is 11.0 Å². The molecule has 2 aromatic carbocycles. The predicted octanol–water partition coefficient (Wildman–Crippen LogP) is 3.36. The van der Waals surface area contributed by atoms with Gasteiger partial charge in [0.15, 0.2) is 12.4 Å². The van der Waals surface area contributed by atoms with E-state index in [-0.39, 0.29) is 18.3 Å². The Morgan fingerprint density at radius 2 is 1.93 bits per heavy atom. The number of rotatable bonds is 6. The number of hydrogen-bond donors (Lipinski definition) is 1. The summed E-state index contributed by atoms with van der Waals surface area (Å²) >= 11 is 0. The molecule has 30 heavy (non-hydrogen) atoms. The molecule has 0 radical (unpaired) electrons. The molecule has 1 heterocycles. The molecule has 0 aliphatic heterocycles. The number of likely N-dealkylation sites (N-methyl/N-ethyl adjacent to an activating group) is 1. The zero-order chi connectivity index (χ0) is 21.5. The summed E-state index contributed by atoms with van der Waals surface area (Å²) in [5.41, 5.74) is 2.32. The summed E-state index contributed by atoms with van der Waals surface area (Å²) in [6.07, 6.45) is 0. The standard InChI is InChI=1S/C24H26N2O4/c1-24(2)18-13-15(29-14-20(27)25-11-12-26(3)4)9-10-16(18)22(28)21-17-7-5-6-8-19(17)30-23(21)24/h5-10,13H,11-12,14H2,1-4H3,(H,25,27). The molecule has 0 saturated heterocycles. The lowest BCUT2D eigenvalue weighted by Gasteiger charge is -2.30. The zero-order valence-corrected chi connectivity index (χ0v) is 17.7. The number of furan rings is 1. The first-order chi connectivity index (χ1) is 14.3. The molecule has 6 nitrogen and oxygen atoms in total. The average molecular weight is 406 g/mol. The minimum Gasteiger partial charge on any atom is -0.484 e. The minimum atomic E-state index is -0.509. The van der Waals surface area contributed by atoms with Gasteiger partial charge in [0.2, 0.25) is 0 Å². The Kier molecular flexibility index (Phi) is 5.12. The van der Waals surface area contributed by atoms with Crippen molar-refractivity contribution in [3.63, 3.8) is 0 Å². The highest BCUT2D eigenvalue weighted by Gasteiger charge is 2.41. The van der Waals surface area contributed by atoms with E-state index in [9.17, 15) is 9.59 Å². The van der Waals surface area contributed by atoms with Gasteiger partial charge in [-0.3, -0.25) is 9.59 Å². The zero-order valence-electron chi connectivity index (χ0n) is 17.7. The number of ether oxygens (including phenoxy) is 1. The van der Waals surface area contributed by atoms with Gasteiger partial charge in [0, 0.05) is 29.5 Å². The topological polar surface area (TPSA) is 71.8 Å². The van der Waals surface area contributed by atoms with Gasteiger partial charge in [-0.15, -0.1) is 0 Å². The number of nitrogens with zero attached hydrogens (tertiary/aromatic N) is 1. The molecule has 0 spiro atoms. The predicted molar refractivity (Wildman–Crippen MR) is 115 cm³/mol. The summed E-state index contributed by atoms with van der Waals surface area (Å²) < 4.78 is 11.8. The maximum atomic E-state index is 13.3. The lowest BCUT2D eigenvalue weighted by Crippen LogP contribution is -2.34. The second-order valence-corrected chi connectivity index (χ2v) is 8.41. The number of fused-ring (bicyclic) bond motifs is 4. The summed E-state index contributed by atoms with van der Waals surface area (Å²) in [6.45, 7) is 5.33. The van der Waals surface area contributed by atoms with Crippen molar-refractivity contribution in [2.24, 2.45) is 0 Å². The van der Waals surface area contributed by atoms with E-state index in [1.54, 1.807) is 12.1 Å². The molecule has 1 N–H and O–H groups in total. The van der Waals surface area contributed by atoms with Crippen LogP contribution in [0.1, 0.15) is 41.1 Å². The molecule has 1 aliphatic rings. The number of hydrogen-bond acceptors (Lipinski definition) is 5. The summed E-state index contributed by atoms with van der Waals surface area (Å²) in [5.74, 6) is 0.999. The van der Waals surface area contributed by atoms with Crippen molar-refractivity contribution in [2.75, 3.05) is 33.8 Å². The second kappa shape index (κ2) is 7.61. The first-order valence-electron chi connectivity index (χ1n) is 10.0. The maximum Gasteiger partial charge on any atom is 0.257 e. The number of carbonyl (C=O) groups excluding carboxylic acids is 2. The smallest absolute Gasteiger partial charge is 0.257 e. The number of amides is 1. The van der Waals surface area contributed by atoms with Gasteiger partial charge in [0.05, 0.1) is 5.56 Å². The fourth-order valence-electron chi connectivity index (χ4n) is 3.92. The molecule has 0 bridgehead atoms. The van der Waals surface area contributed by atoms with Gasteiger partial charge in [-0.2, -0.15) is 0 Å². The molecule has 0 unspecified atom stereocenters. The van der Waals surface area contributed by atoms with Gasteiger partial charge in [-0.1, -0.05) is 18.2 Å². The quantitative estimate of drug-likeness (QED) is 0.680. The Hall–Kier alpha value is -3.12. The largest absolute Gasteiger partial charge is 0.484 e. The van der Waals surface area contributed by atoms with E-state index >= 15 is 0 Å². The van der Waals surface area contributed by atoms with Crippen LogP contribution < -0.4 is 10.1 Å². The first kappa shape index (κ1) is 20.2. The molecule has 0 saturated carbocycles. The molecule has 1 amide bonds. The third-order valence-corrected chi connectivity index (χ3v) is 5.55. The van der Waals surface area contributed by atoms with Gasteiger partial charge in [0.1, 0.15) is 17.1 Å². The van der Waals surface area contributed by atoms with Gasteiger partial charge in [-0.25, -0.2) is 0 Å². The fraction of sp³-hybridized carbons (Fsp3) is 0.333. The summed E-state index contributed by atoms with van der Waals surface area (Å²) in [7, 11) is 3.90. The van der Waals surface area contributed by atoms with Crippen molar-refractivity contribution in [1.29, 1.82) is 0 Å². The third-order valence-electron chi connectivity index (χ3n) is 5.55. The van der Waals surface area contributed by atoms with Crippen molar-refractivity contribution in [1.82, 2.24) is 10.2 Å². The van der Waals surface area contributed by atoms with Gasteiger partial charge < -0.3 is 19.4 Å². The van der Waals surface area contributed by atoms with E-state index in [1.807, 2.05) is 63.2 Å². The van der Waals surface area contributed by atoms with E-state index in [0.29, 0.717) is 34.8 Å². The van der Waals surface area contributed by atoms with Crippen LogP contribution in [0.15, 0.2) is 46.9 Å². The molecule has 1 aliphatic carbocycles. The van der Waals surface area contributed by atoms with Crippen LogP contribution in [-0.2, 0) is 10.2 Å². The number of nitrogens with one attached hydrogen (secondary N) is 1. The van der Waals surface area contributed by atoms with Crippen molar-refractivity contribution in [3.8, 4) is 5.75 Å². The highest BCUT2D eigenvalue weighted by atomic mass is 16.5. The normalized spacial score (nSPS) is 14.5. The highest BCUT2D eigenvalue weighted by Crippen LogP contribution is 2.46. The Labute approximate surface area is 175 Å². The van der Waals surface area contributed by atoms with Crippen molar-refractivity contribution < 1.29 is 18.7 Å². The van der Waals surface area contributed by atoms with Crippen LogP contribution >= 0.6 is 0 Å². The first-order valence-corrected chi connectivity index (χ1v) is 10.0. The molecule has 6 heteroatoms. The Morgan fingerprint density at radius 3 is 2.70 bits per heavy atom. The van der Waals surface area contributed by atoms with E-state index in [2.05, 4.69) is 5.32 Å². The molecule has 156 valence electrons.